The van der Waals surface area contributed by atoms with Gasteiger partial charge in [0.15, 0.2) is 0 Å². The van der Waals surface area contributed by atoms with Crippen LogP contribution in [-0.2, 0) is 4.79 Å². The van der Waals surface area contributed by atoms with Crippen LogP contribution < -0.4 is 4.90 Å². The van der Waals surface area contributed by atoms with Crippen LogP contribution in [0, 0.1) is 12.7 Å². The van der Waals surface area contributed by atoms with Gasteiger partial charge in [0.05, 0.1) is 12.1 Å². The first-order valence-electron chi connectivity index (χ1n) is 8.56. The van der Waals surface area contributed by atoms with Gasteiger partial charge in [-0.1, -0.05) is 60.2 Å². The second-order valence-corrected chi connectivity index (χ2v) is 6.45. The molecule has 3 heteroatoms. The number of amides is 1. The monoisotopic (exact) mass is 343 g/mol. The molecule has 1 amide bonds. The molecule has 1 aliphatic rings. The first-order chi connectivity index (χ1) is 12.6. The summed E-state index contributed by atoms with van der Waals surface area (Å²) in [5.41, 5.74) is 5.39. The lowest BCUT2D eigenvalue weighted by Crippen LogP contribution is -2.26. The average molecular weight is 343 g/mol. The van der Waals surface area contributed by atoms with Crippen molar-refractivity contribution in [3.63, 3.8) is 0 Å². The molecular weight excluding hydrogens is 325 g/mol. The molecule has 0 N–H and O–H groups in total. The molecule has 0 aliphatic carbocycles. The van der Waals surface area contributed by atoms with Crippen LogP contribution in [0.4, 0.5) is 10.1 Å². The minimum Gasteiger partial charge on any atom is -0.304 e. The molecule has 3 aromatic rings. The summed E-state index contributed by atoms with van der Waals surface area (Å²) in [6, 6.07) is 23.9. The zero-order valence-electron chi connectivity index (χ0n) is 14.4. The summed E-state index contributed by atoms with van der Waals surface area (Å²) in [5.74, 6) is -0.366. The van der Waals surface area contributed by atoms with Gasteiger partial charge in [-0.05, 0) is 47.9 Å². The van der Waals surface area contributed by atoms with Gasteiger partial charge in [0.2, 0.25) is 0 Å². The maximum Gasteiger partial charge on any atom is 0.259 e. The number of hydrogen-bond donors (Lipinski definition) is 0. The summed E-state index contributed by atoms with van der Waals surface area (Å²) < 4.78 is 13.4. The highest BCUT2D eigenvalue weighted by Crippen LogP contribution is 2.37. The molecule has 1 aliphatic heterocycles. The van der Waals surface area contributed by atoms with Gasteiger partial charge in [0.25, 0.3) is 5.91 Å². The number of carbonyl (C=O) groups excluding carboxylic acids is 1. The van der Waals surface area contributed by atoms with Crippen LogP contribution >= 0.6 is 0 Å². The molecule has 4 rings (SSSR count). The van der Waals surface area contributed by atoms with E-state index >= 15 is 0 Å². The van der Waals surface area contributed by atoms with Crippen LogP contribution in [0.3, 0.4) is 0 Å². The van der Waals surface area contributed by atoms with Crippen LogP contribution in [-0.4, -0.2) is 12.5 Å². The van der Waals surface area contributed by atoms with E-state index in [0.29, 0.717) is 12.1 Å². The predicted octanol–water partition coefficient (Wildman–Crippen LogP) is 5.09. The Labute approximate surface area is 152 Å². The summed E-state index contributed by atoms with van der Waals surface area (Å²) in [6.45, 7) is 2.54. The fourth-order valence-corrected chi connectivity index (χ4v) is 3.29. The van der Waals surface area contributed by atoms with Crippen LogP contribution in [0.25, 0.3) is 11.1 Å². The Hall–Kier alpha value is -3.20. The van der Waals surface area contributed by atoms with Crippen molar-refractivity contribution in [3.05, 3.63) is 101 Å². The van der Waals surface area contributed by atoms with Gasteiger partial charge in [-0.3, -0.25) is 4.79 Å². The zero-order chi connectivity index (χ0) is 18.1. The van der Waals surface area contributed by atoms with E-state index in [-0.39, 0.29) is 11.7 Å². The van der Waals surface area contributed by atoms with Gasteiger partial charge in [-0.25, -0.2) is 4.39 Å². The fourth-order valence-electron chi connectivity index (χ4n) is 3.29. The van der Waals surface area contributed by atoms with Crippen molar-refractivity contribution >= 4 is 22.7 Å². The maximum atomic E-state index is 13.4. The third-order valence-corrected chi connectivity index (χ3v) is 4.68. The highest BCUT2D eigenvalue weighted by molar-refractivity contribution is 6.36. The third-order valence-electron chi connectivity index (χ3n) is 4.68. The highest BCUT2D eigenvalue weighted by atomic mass is 19.1. The van der Waals surface area contributed by atoms with E-state index in [1.807, 2.05) is 61.5 Å². The summed E-state index contributed by atoms with van der Waals surface area (Å²) in [7, 11) is 0. The Morgan fingerprint density at radius 2 is 1.42 bits per heavy atom. The van der Waals surface area contributed by atoms with Crippen molar-refractivity contribution in [2.45, 2.75) is 6.92 Å². The number of carbonyl (C=O) groups is 1. The van der Waals surface area contributed by atoms with E-state index in [4.69, 9.17) is 0 Å². The Balaban J connectivity index is 1.84. The van der Waals surface area contributed by atoms with Crippen molar-refractivity contribution in [1.29, 1.82) is 0 Å². The summed E-state index contributed by atoms with van der Waals surface area (Å²) in [4.78, 5) is 15.0. The van der Waals surface area contributed by atoms with E-state index in [2.05, 4.69) is 0 Å². The number of aryl methyl sites for hydroxylation is 1. The second-order valence-electron chi connectivity index (χ2n) is 6.45. The Bertz CT molecular complexity index is 973. The molecule has 0 unspecified atom stereocenters. The minimum absolute atomic E-state index is 0.0571. The molecule has 0 saturated heterocycles. The van der Waals surface area contributed by atoms with E-state index in [1.54, 1.807) is 17.0 Å². The van der Waals surface area contributed by atoms with Gasteiger partial charge in [0, 0.05) is 5.69 Å². The molecule has 26 heavy (non-hydrogen) atoms. The number of hydrogen-bond acceptors (Lipinski definition) is 1. The first-order valence-corrected chi connectivity index (χ1v) is 8.56. The molecule has 0 spiro atoms. The predicted molar refractivity (Wildman–Crippen MR) is 103 cm³/mol. The summed E-state index contributed by atoms with van der Waals surface area (Å²) >= 11 is 0. The first kappa shape index (κ1) is 16.3. The lowest BCUT2D eigenvalue weighted by Gasteiger charge is -2.17. The maximum absolute atomic E-state index is 13.4. The number of rotatable bonds is 3. The number of para-hydroxylation sites is 1. The molecule has 0 aromatic heterocycles. The largest absolute Gasteiger partial charge is 0.304 e. The summed E-state index contributed by atoms with van der Waals surface area (Å²) in [5, 5.41) is 0. The van der Waals surface area contributed by atoms with Gasteiger partial charge in [0.1, 0.15) is 5.82 Å². The smallest absolute Gasteiger partial charge is 0.259 e. The van der Waals surface area contributed by atoms with Crippen molar-refractivity contribution in [1.82, 2.24) is 0 Å². The van der Waals surface area contributed by atoms with Crippen molar-refractivity contribution in [2.24, 2.45) is 0 Å². The van der Waals surface area contributed by atoms with Gasteiger partial charge in [-0.2, -0.15) is 0 Å². The van der Waals surface area contributed by atoms with Crippen LogP contribution in [0.5, 0.6) is 0 Å². The number of anilines is 1. The van der Waals surface area contributed by atoms with Crippen molar-refractivity contribution in [3.8, 4) is 0 Å². The zero-order valence-corrected chi connectivity index (χ0v) is 14.4. The number of benzene rings is 3. The van der Waals surface area contributed by atoms with E-state index in [1.165, 1.54) is 17.7 Å². The molecule has 0 fully saturated rings. The minimum atomic E-state index is -0.309. The molecule has 0 bridgehead atoms. The summed E-state index contributed by atoms with van der Waals surface area (Å²) in [6.07, 6.45) is 0. The van der Waals surface area contributed by atoms with E-state index in [0.717, 1.165) is 22.4 Å². The van der Waals surface area contributed by atoms with Gasteiger partial charge in [-0.15, -0.1) is 0 Å². The lowest BCUT2D eigenvalue weighted by molar-refractivity contribution is -0.112. The molecule has 1 heterocycles. The third kappa shape index (κ3) is 2.92. The van der Waals surface area contributed by atoms with E-state index < -0.39 is 0 Å². The Morgan fingerprint density at radius 3 is 2.08 bits per heavy atom. The number of halogens is 1. The second kappa shape index (κ2) is 6.60. The molecule has 3 aromatic carbocycles. The topological polar surface area (TPSA) is 20.3 Å². The van der Waals surface area contributed by atoms with Crippen molar-refractivity contribution < 1.29 is 9.18 Å². The van der Waals surface area contributed by atoms with E-state index in [9.17, 15) is 9.18 Å². The van der Waals surface area contributed by atoms with Gasteiger partial charge >= 0.3 is 0 Å². The lowest BCUT2D eigenvalue weighted by atomic mass is 9.96. The van der Waals surface area contributed by atoms with Crippen LogP contribution in [0.15, 0.2) is 78.9 Å². The normalized spacial score (nSPS) is 14.2. The quantitative estimate of drug-likeness (QED) is 0.648. The average Bonchev–Trinajstić information content (AvgIpc) is 3.01. The fraction of sp³-hybridized carbons (Fsp3) is 0.0870. The molecular formula is C23H18FNO. The number of nitrogens with zero attached hydrogens (tertiary/aromatic N) is 1. The van der Waals surface area contributed by atoms with Crippen molar-refractivity contribution in [2.75, 3.05) is 11.4 Å². The standard InChI is InChI=1S/C23H18FNO/c1-16-7-9-17(10-8-16)21-15-25(20-5-3-2-4-6-20)23(26)22(21)18-11-13-19(24)14-12-18/h2-14H,15H2,1H3. The Morgan fingerprint density at radius 1 is 0.808 bits per heavy atom. The highest BCUT2D eigenvalue weighted by Gasteiger charge is 2.32. The molecule has 0 radical (unpaired) electrons. The molecule has 0 saturated carbocycles. The molecule has 0 atom stereocenters. The SMILES string of the molecule is Cc1ccc(C2=C(c3ccc(F)cc3)C(=O)N(c3ccccc3)C2)cc1. The van der Waals surface area contributed by atoms with Crippen LogP contribution in [0.2, 0.25) is 0 Å². The van der Waals surface area contributed by atoms with Crippen LogP contribution in [0.1, 0.15) is 16.7 Å². The Kier molecular flexibility index (Phi) is 4.13. The van der Waals surface area contributed by atoms with Gasteiger partial charge < -0.3 is 4.90 Å². The molecule has 128 valence electrons. The molecule has 2 nitrogen and oxygen atoms in total.